The second-order valence-corrected chi connectivity index (χ2v) is 8.97. The fourth-order valence-corrected chi connectivity index (χ4v) is 4.11. The molecule has 1 saturated heterocycles. The van der Waals surface area contributed by atoms with Gasteiger partial charge in [-0.25, -0.2) is 31.8 Å². The maximum Gasteiger partial charge on any atom is 0.490 e. The SMILES string of the molecule is O=C(O)C(F)(F)F.O=C(O)c1cc(NS(=O)(=O)c2ccc(F)c(F)c2)cnc1N1CCCCCC1. The second kappa shape index (κ2) is 11.3. The minimum Gasteiger partial charge on any atom is -0.478 e. The monoisotopic (exact) mass is 525 g/mol. The van der Waals surface area contributed by atoms with Gasteiger partial charge in [0.2, 0.25) is 0 Å². The van der Waals surface area contributed by atoms with Crippen molar-refractivity contribution in [3.05, 3.63) is 47.7 Å². The highest BCUT2D eigenvalue weighted by Gasteiger charge is 2.38. The lowest BCUT2D eigenvalue weighted by molar-refractivity contribution is -0.192. The van der Waals surface area contributed by atoms with Crippen LogP contribution in [0.1, 0.15) is 36.0 Å². The molecule has 1 aliphatic heterocycles. The van der Waals surface area contributed by atoms with Gasteiger partial charge in [0.1, 0.15) is 11.4 Å². The fraction of sp³-hybridized carbons (Fsp3) is 0.350. The Morgan fingerprint density at radius 3 is 2.03 bits per heavy atom. The first-order valence-electron chi connectivity index (χ1n) is 9.98. The topological polar surface area (TPSA) is 137 Å². The molecule has 9 nitrogen and oxygen atoms in total. The van der Waals surface area contributed by atoms with Crippen LogP contribution in [0.5, 0.6) is 0 Å². The van der Waals surface area contributed by atoms with Gasteiger partial charge in [0.05, 0.1) is 16.8 Å². The van der Waals surface area contributed by atoms with Gasteiger partial charge in [-0.15, -0.1) is 0 Å². The summed E-state index contributed by atoms with van der Waals surface area (Å²) in [5, 5.41) is 16.7. The summed E-state index contributed by atoms with van der Waals surface area (Å²) in [4.78, 5) is 26.1. The van der Waals surface area contributed by atoms with E-state index in [1.165, 1.54) is 12.3 Å². The number of aromatic carboxylic acids is 1. The molecular weight excluding hydrogens is 505 g/mol. The summed E-state index contributed by atoms with van der Waals surface area (Å²) in [5.41, 5.74) is -0.215. The molecule has 0 bridgehead atoms. The van der Waals surface area contributed by atoms with Crippen molar-refractivity contribution in [2.45, 2.75) is 36.8 Å². The largest absolute Gasteiger partial charge is 0.490 e. The Morgan fingerprint density at radius 1 is 0.971 bits per heavy atom. The number of halogens is 5. The van der Waals surface area contributed by atoms with Crippen LogP contribution in [0.2, 0.25) is 0 Å². The number of alkyl halides is 3. The number of rotatable bonds is 5. The summed E-state index contributed by atoms with van der Waals surface area (Å²) in [6, 6.07) is 3.34. The van der Waals surface area contributed by atoms with Crippen LogP contribution in [-0.4, -0.2) is 54.8 Å². The van der Waals surface area contributed by atoms with Crippen molar-refractivity contribution in [2.24, 2.45) is 0 Å². The molecule has 0 spiro atoms. The van der Waals surface area contributed by atoms with Gasteiger partial charge in [0.25, 0.3) is 10.0 Å². The highest BCUT2D eigenvalue weighted by molar-refractivity contribution is 7.92. The Balaban J connectivity index is 0.000000540. The standard InChI is InChI=1S/C18H19F2N3O4S.C2HF3O2/c19-15-6-5-13(10-16(15)20)28(26,27)22-12-9-14(18(24)25)17(21-11-12)23-7-3-1-2-4-8-23;3-2(4,5)1(6)7/h5-6,9-11,22H,1-4,7-8H2,(H,24,25);(H,6,7). The first-order valence-corrected chi connectivity index (χ1v) is 11.5. The molecule has 3 rings (SSSR count). The lowest BCUT2D eigenvalue weighted by Gasteiger charge is -2.23. The number of pyridine rings is 1. The van der Waals surface area contributed by atoms with Gasteiger partial charge >= 0.3 is 18.1 Å². The molecule has 1 aromatic carbocycles. The van der Waals surface area contributed by atoms with E-state index in [2.05, 4.69) is 9.71 Å². The van der Waals surface area contributed by atoms with Gasteiger partial charge in [0.15, 0.2) is 11.6 Å². The van der Waals surface area contributed by atoms with E-state index in [1.807, 2.05) is 4.90 Å². The van der Waals surface area contributed by atoms with E-state index in [0.29, 0.717) is 25.2 Å². The molecular formula is C20H20F5N3O6S. The average molecular weight is 525 g/mol. The van der Waals surface area contributed by atoms with Crippen LogP contribution in [0.4, 0.5) is 33.5 Å². The zero-order valence-electron chi connectivity index (χ0n) is 17.8. The Morgan fingerprint density at radius 2 is 1.54 bits per heavy atom. The van der Waals surface area contributed by atoms with Crippen molar-refractivity contribution >= 4 is 33.5 Å². The number of sulfonamides is 1. The van der Waals surface area contributed by atoms with Crippen LogP contribution >= 0.6 is 0 Å². The minimum absolute atomic E-state index is 0.0827. The third kappa shape index (κ3) is 7.77. The number of nitrogens with one attached hydrogen (secondary N) is 1. The number of hydrogen-bond acceptors (Lipinski definition) is 6. The molecule has 3 N–H and O–H groups in total. The van der Waals surface area contributed by atoms with Crippen molar-refractivity contribution in [3.8, 4) is 0 Å². The molecule has 1 aromatic heterocycles. The van der Waals surface area contributed by atoms with Crippen molar-refractivity contribution < 1.29 is 50.2 Å². The van der Waals surface area contributed by atoms with Gasteiger partial charge in [-0.2, -0.15) is 13.2 Å². The van der Waals surface area contributed by atoms with Gasteiger partial charge < -0.3 is 15.1 Å². The molecule has 0 unspecified atom stereocenters. The summed E-state index contributed by atoms with van der Waals surface area (Å²) >= 11 is 0. The quantitative estimate of drug-likeness (QED) is 0.501. The van der Waals surface area contributed by atoms with Gasteiger partial charge in [-0.3, -0.25) is 4.72 Å². The minimum atomic E-state index is -5.08. The second-order valence-electron chi connectivity index (χ2n) is 7.29. The smallest absolute Gasteiger partial charge is 0.478 e. The fourth-order valence-electron chi connectivity index (χ4n) is 3.06. The number of aromatic nitrogens is 1. The number of hydrogen-bond donors (Lipinski definition) is 3. The molecule has 1 aliphatic rings. The highest BCUT2D eigenvalue weighted by atomic mass is 32.2. The van der Waals surface area contributed by atoms with Crippen LogP contribution in [0.25, 0.3) is 0 Å². The van der Waals surface area contributed by atoms with E-state index >= 15 is 0 Å². The summed E-state index contributed by atoms with van der Waals surface area (Å²) in [7, 11) is -4.24. The van der Waals surface area contributed by atoms with Crippen molar-refractivity contribution in [2.75, 3.05) is 22.7 Å². The van der Waals surface area contributed by atoms with E-state index < -0.39 is 44.7 Å². The lowest BCUT2D eigenvalue weighted by Crippen LogP contribution is -2.27. The Hall–Kier alpha value is -3.49. The average Bonchev–Trinajstić information content (AvgIpc) is 3.04. The van der Waals surface area contributed by atoms with Crippen LogP contribution in [0, 0.1) is 11.6 Å². The van der Waals surface area contributed by atoms with Gasteiger partial charge in [-0.05, 0) is 37.1 Å². The normalized spacial score (nSPS) is 14.4. The molecule has 1 fully saturated rings. The van der Waals surface area contributed by atoms with Crippen LogP contribution in [0.3, 0.4) is 0 Å². The maximum atomic E-state index is 13.3. The molecule has 15 heteroatoms. The number of carboxylic acid groups (broad SMARTS) is 2. The van der Waals surface area contributed by atoms with E-state index in [9.17, 15) is 40.3 Å². The molecule has 0 saturated carbocycles. The molecule has 0 atom stereocenters. The van der Waals surface area contributed by atoms with Crippen LogP contribution in [0.15, 0.2) is 35.4 Å². The van der Waals surface area contributed by atoms with E-state index in [-0.39, 0.29) is 17.1 Å². The zero-order valence-corrected chi connectivity index (χ0v) is 18.7. The highest BCUT2D eigenvalue weighted by Crippen LogP contribution is 2.26. The zero-order chi connectivity index (χ0) is 26.4. The van der Waals surface area contributed by atoms with Gasteiger partial charge in [0, 0.05) is 13.1 Å². The molecule has 0 radical (unpaired) electrons. The lowest BCUT2D eigenvalue weighted by atomic mass is 10.2. The molecule has 2 heterocycles. The van der Waals surface area contributed by atoms with Crippen molar-refractivity contribution in [1.82, 2.24) is 4.98 Å². The molecule has 0 amide bonds. The summed E-state index contributed by atoms with van der Waals surface area (Å²) < 4.78 is 85.1. The predicted octanol–water partition coefficient (Wildman–Crippen LogP) is 3.87. The number of carbonyl (C=O) groups is 2. The summed E-state index contributed by atoms with van der Waals surface area (Å²) in [5.74, 6) is -6.18. The summed E-state index contributed by atoms with van der Waals surface area (Å²) in [6.07, 6.45) is 0.0939. The van der Waals surface area contributed by atoms with Crippen molar-refractivity contribution in [3.63, 3.8) is 0 Å². The van der Waals surface area contributed by atoms with Crippen LogP contribution in [-0.2, 0) is 14.8 Å². The third-order valence-electron chi connectivity index (χ3n) is 4.70. The number of benzene rings is 1. The Labute approximate surface area is 196 Å². The maximum absolute atomic E-state index is 13.3. The van der Waals surface area contributed by atoms with E-state index in [0.717, 1.165) is 31.7 Å². The number of carboxylic acids is 2. The molecule has 0 aliphatic carbocycles. The molecule has 35 heavy (non-hydrogen) atoms. The van der Waals surface area contributed by atoms with E-state index in [4.69, 9.17) is 9.90 Å². The summed E-state index contributed by atoms with van der Waals surface area (Å²) in [6.45, 7) is 1.35. The number of aliphatic carboxylic acids is 1. The van der Waals surface area contributed by atoms with Gasteiger partial charge in [-0.1, -0.05) is 12.8 Å². The van der Waals surface area contributed by atoms with E-state index in [1.54, 1.807) is 0 Å². The first-order chi connectivity index (χ1) is 16.2. The van der Waals surface area contributed by atoms with Crippen molar-refractivity contribution in [1.29, 1.82) is 0 Å². The number of anilines is 2. The third-order valence-corrected chi connectivity index (χ3v) is 6.08. The Kier molecular flexibility index (Phi) is 8.95. The predicted molar refractivity (Wildman–Crippen MR) is 113 cm³/mol. The first kappa shape index (κ1) is 27.8. The number of nitrogens with zero attached hydrogens (tertiary/aromatic N) is 2. The molecule has 192 valence electrons. The Bertz CT molecular complexity index is 1180. The molecule has 2 aromatic rings. The van der Waals surface area contributed by atoms with Crippen LogP contribution < -0.4 is 9.62 Å².